The molecule has 0 radical (unpaired) electrons. The number of anilines is 2. The first-order chi connectivity index (χ1) is 16.3. The Morgan fingerprint density at radius 2 is 1.59 bits per heavy atom. The molecule has 7 nitrogen and oxygen atoms in total. The molecule has 3 aromatic carbocycles. The van der Waals surface area contributed by atoms with E-state index in [0.717, 1.165) is 29.6 Å². The topological polar surface area (TPSA) is 79.0 Å². The van der Waals surface area contributed by atoms with Gasteiger partial charge in [-0.25, -0.2) is 17.2 Å². The molecular formula is C24H23F2N3O4S. The first-order valence-corrected chi connectivity index (χ1v) is 12.0. The van der Waals surface area contributed by atoms with Crippen molar-refractivity contribution in [3.63, 3.8) is 0 Å². The average molecular weight is 488 g/mol. The SMILES string of the molecule is COc1ccc(N2CCN(S(=O)(=O)c3ccc(NC(=O)c4ccccc4F)c(F)c3)CC2)cc1. The molecule has 1 saturated heterocycles. The molecule has 1 aliphatic rings. The zero-order valence-electron chi connectivity index (χ0n) is 18.4. The largest absolute Gasteiger partial charge is 0.497 e. The van der Waals surface area contributed by atoms with Crippen molar-refractivity contribution in [2.75, 3.05) is 43.5 Å². The quantitative estimate of drug-likeness (QED) is 0.573. The van der Waals surface area contributed by atoms with E-state index in [4.69, 9.17) is 4.74 Å². The lowest BCUT2D eigenvalue weighted by Crippen LogP contribution is -2.48. The lowest BCUT2D eigenvalue weighted by atomic mass is 10.2. The van der Waals surface area contributed by atoms with E-state index in [9.17, 15) is 22.0 Å². The van der Waals surface area contributed by atoms with E-state index < -0.39 is 27.6 Å². The van der Waals surface area contributed by atoms with Gasteiger partial charge in [-0.15, -0.1) is 0 Å². The van der Waals surface area contributed by atoms with Gasteiger partial charge in [0, 0.05) is 31.9 Å². The van der Waals surface area contributed by atoms with Crippen molar-refractivity contribution >= 4 is 27.3 Å². The second kappa shape index (κ2) is 9.78. The molecule has 4 rings (SSSR count). The number of piperazine rings is 1. The first-order valence-electron chi connectivity index (χ1n) is 10.5. The summed E-state index contributed by atoms with van der Waals surface area (Å²) in [5, 5.41) is 2.28. The number of sulfonamides is 1. The molecule has 0 bridgehead atoms. The molecule has 1 fully saturated rings. The van der Waals surface area contributed by atoms with E-state index in [1.807, 2.05) is 24.3 Å². The molecule has 0 unspecified atom stereocenters. The molecule has 1 aliphatic heterocycles. The fourth-order valence-electron chi connectivity index (χ4n) is 3.72. The van der Waals surface area contributed by atoms with Gasteiger partial charge in [0.2, 0.25) is 10.0 Å². The van der Waals surface area contributed by atoms with Crippen molar-refractivity contribution in [3.05, 3.63) is 83.9 Å². The van der Waals surface area contributed by atoms with E-state index in [0.29, 0.717) is 13.1 Å². The number of halogens is 2. The molecule has 34 heavy (non-hydrogen) atoms. The Kier molecular flexibility index (Phi) is 6.80. The molecule has 0 spiro atoms. The summed E-state index contributed by atoms with van der Waals surface area (Å²) in [6.07, 6.45) is 0. The van der Waals surface area contributed by atoms with Gasteiger partial charge in [-0.2, -0.15) is 4.31 Å². The predicted octanol–water partition coefficient (Wildman–Crippen LogP) is 3.74. The zero-order chi connectivity index (χ0) is 24.3. The van der Waals surface area contributed by atoms with E-state index in [1.165, 1.54) is 28.6 Å². The number of rotatable bonds is 6. The van der Waals surface area contributed by atoms with Crippen LogP contribution in [-0.2, 0) is 10.0 Å². The molecule has 0 atom stereocenters. The Labute approximate surface area is 196 Å². The lowest BCUT2D eigenvalue weighted by Gasteiger charge is -2.35. The first kappa shape index (κ1) is 23.7. The Balaban J connectivity index is 1.44. The molecule has 1 amide bonds. The minimum absolute atomic E-state index is 0.216. The van der Waals surface area contributed by atoms with Gasteiger partial charge in [0.1, 0.15) is 17.4 Å². The highest BCUT2D eigenvalue weighted by atomic mass is 32.2. The van der Waals surface area contributed by atoms with Crippen LogP contribution in [0, 0.1) is 11.6 Å². The van der Waals surface area contributed by atoms with Gasteiger partial charge in [-0.1, -0.05) is 12.1 Å². The van der Waals surface area contributed by atoms with Crippen molar-refractivity contribution in [2.45, 2.75) is 4.90 Å². The van der Waals surface area contributed by atoms with Crippen LogP contribution in [0.1, 0.15) is 10.4 Å². The average Bonchev–Trinajstić information content (AvgIpc) is 2.85. The van der Waals surface area contributed by atoms with Crippen LogP contribution in [-0.4, -0.2) is 51.9 Å². The van der Waals surface area contributed by atoms with Gasteiger partial charge in [0.05, 0.1) is 23.3 Å². The summed E-state index contributed by atoms with van der Waals surface area (Å²) < 4.78 is 61.0. The molecule has 0 aliphatic carbocycles. The number of carbonyl (C=O) groups is 1. The summed E-state index contributed by atoms with van der Waals surface area (Å²) >= 11 is 0. The smallest absolute Gasteiger partial charge is 0.258 e. The Morgan fingerprint density at radius 1 is 0.912 bits per heavy atom. The van der Waals surface area contributed by atoms with Crippen LogP contribution >= 0.6 is 0 Å². The van der Waals surface area contributed by atoms with Gasteiger partial charge >= 0.3 is 0 Å². The van der Waals surface area contributed by atoms with Gasteiger partial charge in [-0.05, 0) is 54.6 Å². The Bertz CT molecular complexity index is 1290. The van der Waals surface area contributed by atoms with Gasteiger partial charge in [0.15, 0.2) is 0 Å². The van der Waals surface area contributed by atoms with Crippen LogP contribution in [0.25, 0.3) is 0 Å². The van der Waals surface area contributed by atoms with Crippen LogP contribution in [0.15, 0.2) is 71.6 Å². The molecule has 10 heteroatoms. The maximum atomic E-state index is 14.7. The number of benzene rings is 3. The molecule has 3 aromatic rings. The minimum atomic E-state index is -3.93. The van der Waals surface area contributed by atoms with Crippen molar-refractivity contribution in [1.29, 1.82) is 0 Å². The number of methoxy groups -OCH3 is 1. The van der Waals surface area contributed by atoms with E-state index in [-0.39, 0.29) is 29.2 Å². The second-order valence-corrected chi connectivity index (χ2v) is 9.60. The molecular weight excluding hydrogens is 464 g/mol. The summed E-state index contributed by atoms with van der Waals surface area (Å²) in [7, 11) is -2.34. The van der Waals surface area contributed by atoms with Crippen molar-refractivity contribution in [3.8, 4) is 5.75 Å². The Hall–Kier alpha value is -3.50. The number of ether oxygens (including phenoxy) is 1. The lowest BCUT2D eigenvalue weighted by molar-refractivity contribution is 0.102. The van der Waals surface area contributed by atoms with Crippen molar-refractivity contribution < 1.29 is 26.7 Å². The number of nitrogens with one attached hydrogen (secondary N) is 1. The van der Waals surface area contributed by atoms with Crippen LogP contribution < -0.4 is 15.0 Å². The number of carbonyl (C=O) groups excluding carboxylic acids is 1. The number of amides is 1. The summed E-state index contributed by atoms with van der Waals surface area (Å²) in [4.78, 5) is 14.1. The number of nitrogens with zero attached hydrogens (tertiary/aromatic N) is 2. The van der Waals surface area contributed by atoms with E-state index >= 15 is 0 Å². The Morgan fingerprint density at radius 3 is 2.21 bits per heavy atom. The van der Waals surface area contributed by atoms with E-state index in [2.05, 4.69) is 10.2 Å². The normalized spacial score (nSPS) is 14.6. The van der Waals surface area contributed by atoms with Gasteiger partial charge in [0.25, 0.3) is 5.91 Å². The highest BCUT2D eigenvalue weighted by Gasteiger charge is 2.29. The third-order valence-electron chi connectivity index (χ3n) is 5.62. The van der Waals surface area contributed by atoms with Crippen LogP contribution in [0.3, 0.4) is 0 Å². The summed E-state index contributed by atoms with van der Waals surface area (Å²) in [6.45, 7) is 1.43. The van der Waals surface area contributed by atoms with Crippen molar-refractivity contribution in [2.24, 2.45) is 0 Å². The molecule has 1 N–H and O–H groups in total. The predicted molar refractivity (Wildman–Crippen MR) is 125 cm³/mol. The second-order valence-electron chi connectivity index (χ2n) is 7.66. The van der Waals surface area contributed by atoms with Gasteiger partial charge < -0.3 is 15.0 Å². The third kappa shape index (κ3) is 4.87. The number of hydrogen-bond donors (Lipinski definition) is 1. The molecule has 0 saturated carbocycles. The maximum Gasteiger partial charge on any atom is 0.258 e. The van der Waals surface area contributed by atoms with Gasteiger partial charge in [-0.3, -0.25) is 4.79 Å². The summed E-state index contributed by atoms with van der Waals surface area (Å²) in [5.74, 6) is -1.76. The molecule has 0 aromatic heterocycles. The summed E-state index contributed by atoms with van der Waals surface area (Å²) in [5.41, 5.74) is 0.476. The fraction of sp³-hybridized carbons (Fsp3) is 0.208. The monoisotopic (exact) mass is 487 g/mol. The summed E-state index contributed by atoms with van der Waals surface area (Å²) in [6, 6.07) is 16.1. The fourth-order valence-corrected chi connectivity index (χ4v) is 5.16. The van der Waals surface area contributed by atoms with Crippen LogP contribution in [0.5, 0.6) is 5.75 Å². The van der Waals surface area contributed by atoms with Crippen LogP contribution in [0.4, 0.5) is 20.2 Å². The van der Waals surface area contributed by atoms with Crippen LogP contribution in [0.2, 0.25) is 0 Å². The highest BCUT2D eigenvalue weighted by molar-refractivity contribution is 7.89. The number of hydrogen-bond acceptors (Lipinski definition) is 5. The standard InChI is InChI=1S/C24H23F2N3O4S/c1-33-18-8-6-17(7-9-18)28-12-14-29(15-13-28)34(31,32)19-10-11-23(22(26)16-19)27-24(30)20-4-2-3-5-21(20)25/h2-11,16H,12-15H2,1H3,(H,27,30). The van der Waals surface area contributed by atoms with E-state index in [1.54, 1.807) is 7.11 Å². The molecule has 178 valence electrons. The molecule has 1 heterocycles. The maximum absolute atomic E-state index is 14.7. The zero-order valence-corrected chi connectivity index (χ0v) is 19.2. The highest BCUT2D eigenvalue weighted by Crippen LogP contribution is 2.25. The third-order valence-corrected chi connectivity index (χ3v) is 7.52. The minimum Gasteiger partial charge on any atom is -0.497 e. The van der Waals surface area contributed by atoms with Crippen molar-refractivity contribution in [1.82, 2.24) is 4.31 Å².